The lowest BCUT2D eigenvalue weighted by Gasteiger charge is -2.24. The molecule has 2 atom stereocenters. The molecule has 0 saturated carbocycles. The Labute approximate surface area is 61.5 Å². The molecule has 1 heterocycles. The molecule has 1 aliphatic heterocycles. The maximum Gasteiger partial charge on any atom is 0.150 e. The molecule has 0 spiro atoms. The predicted octanol–water partition coefficient (Wildman–Crippen LogP) is -0.232. The SMILES string of the molecule is CC1CS(=O)(=O)CCC1N. The minimum Gasteiger partial charge on any atom is -0.327 e. The second-order valence-corrected chi connectivity index (χ2v) is 5.27. The van der Waals surface area contributed by atoms with Crippen LogP contribution in [0.5, 0.6) is 0 Å². The van der Waals surface area contributed by atoms with E-state index in [1.54, 1.807) is 0 Å². The number of rotatable bonds is 0. The van der Waals surface area contributed by atoms with Gasteiger partial charge in [-0.05, 0) is 12.3 Å². The zero-order valence-electron chi connectivity index (χ0n) is 6.08. The van der Waals surface area contributed by atoms with Gasteiger partial charge in [-0.1, -0.05) is 6.92 Å². The first-order valence-electron chi connectivity index (χ1n) is 3.47. The third kappa shape index (κ3) is 1.70. The molecule has 1 rings (SSSR count). The molecule has 3 nitrogen and oxygen atoms in total. The maximum absolute atomic E-state index is 11.0. The summed E-state index contributed by atoms with van der Waals surface area (Å²) in [4.78, 5) is 0. The summed E-state index contributed by atoms with van der Waals surface area (Å²) in [5, 5.41) is 0. The van der Waals surface area contributed by atoms with E-state index in [1.165, 1.54) is 0 Å². The van der Waals surface area contributed by atoms with Crippen LogP contribution in [-0.4, -0.2) is 26.0 Å². The van der Waals surface area contributed by atoms with Crippen molar-refractivity contribution in [2.45, 2.75) is 19.4 Å². The third-order valence-corrected chi connectivity index (χ3v) is 3.90. The summed E-state index contributed by atoms with van der Waals surface area (Å²) in [5.74, 6) is 0.686. The van der Waals surface area contributed by atoms with E-state index in [0.29, 0.717) is 6.42 Å². The second kappa shape index (κ2) is 2.51. The highest BCUT2D eigenvalue weighted by Gasteiger charge is 2.27. The van der Waals surface area contributed by atoms with Gasteiger partial charge in [0, 0.05) is 6.04 Å². The Morgan fingerprint density at radius 3 is 2.50 bits per heavy atom. The number of nitrogens with two attached hydrogens (primary N) is 1. The van der Waals surface area contributed by atoms with Crippen LogP contribution in [-0.2, 0) is 9.84 Å². The Hall–Kier alpha value is -0.0900. The van der Waals surface area contributed by atoms with Crippen LogP contribution in [0.2, 0.25) is 0 Å². The van der Waals surface area contributed by atoms with Crippen molar-refractivity contribution in [3.8, 4) is 0 Å². The zero-order chi connectivity index (χ0) is 7.78. The summed E-state index contributed by atoms with van der Waals surface area (Å²) >= 11 is 0. The molecule has 1 aliphatic rings. The maximum atomic E-state index is 11.0. The van der Waals surface area contributed by atoms with Crippen LogP contribution in [0.25, 0.3) is 0 Å². The van der Waals surface area contributed by atoms with Crippen molar-refractivity contribution in [1.29, 1.82) is 0 Å². The highest BCUT2D eigenvalue weighted by atomic mass is 32.2. The van der Waals surface area contributed by atoms with Crippen molar-refractivity contribution in [1.82, 2.24) is 0 Å². The van der Waals surface area contributed by atoms with Gasteiger partial charge in [-0.25, -0.2) is 8.42 Å². The minimum atomic E-state index is -2.74. The summed E-state index contributed by atoms with van der Waals surface area (Å²) < 4.78 is 21.9. The molecule has 60 valence electrons. The number of sulfone groups is 1. The first kappa shape index (κ1) is 8.01. The topological polar surface area (TPSA) is 60.2 Å². The number of hydrogen-bond acceptors (Lipinski definition) is 3. The lowest BCUT2D eigenvalue weighted by Crippen LogP contribution is -2.40. The molecule has 10 heavy (non-hydrogen) atoms. The molecular weight excluding hydrogens is 150 g/mol. The Morgan fingerprint density at radius 1 is 1.50 bits per heavy atom. The Kier molecular flexibility index (Phi) is 2.01. The Morgan fingerprint density at radius 2 is 2.10 bits per heavy atom. The van der Waals surface area contributed by atoms with Gasteiger partial charge in [-0.15, -0.1) is 0 Å². The average molecular weight is 163 g/mol. The monoisotopic (exact) mass is 163 g/mol. The largest absolute Gasteiger partial charge is 0.327 e. The summed E-state index contributed by atoms with van der Waals surface area (Å²) in [6.45, 7) is 1.89. The standard InChI is InChI=1S/C6H13NO2S/c1-5-4-10(8,9)3-2-6(5)7/h5-6H,2-4,7H2,1H3. The van der Waals surface area contributed by atoms with Gasteiger partial charge < -0.3 is 5.73 Å². The van der Waals surface area contributed by atoms with E-state index in [2.05, 4.69) is 0 Å². The van der Waals surface area contributed by atoms with Gasteiger partial charge >= 0.3 is 0 Å². The Balaban J connectivity index is 2.66. The summed E-state index contributed by atoms with van der Waals surface area (Å²) in [6.07, 6.45) is 0.628. The van der Waals surface area contributed by atoms with Gasteiger partial charge in [-0.2, -0.15) is 0 Å². The van der Waals surface area contributed by atoms with E-state index in [4.69, 9.17) is 5.73 Å². The molecule has 0 amide bonds. The molecule has 0 bridgehead atoms. The van der Waals surface area contributed by atoms with Crippen LogP contribution in [0.3, 0.4) is 0 Å². The summed E-state index contributed by atoms with van der Waals surface area (Å²) in [5.41, 5.74) is 5.63. The molecule has 1 saturated heterocycles. The van der Waals surface area contributed by atoms with E-state index in [1.807, 2.05) is 6.92 Å². The fraction of sp³-hybridized carbons (Fsp3) is 1.00. The molecule has 2 unspecified atom stereocenters. The normalized spacial score (nSPS) is 39.4. The minimum absolute atomic E-state index is 0.0866. The lowest BCUT2D eigenvalue weighted by molar-refractivity contribution is 0.451. The van der Waals surface area contributed by atoms with Crippen molar-refractivity contribution in [2.75, 3.05) is 11.5 Å². The van der Waals surface area contributed by atoms with Gasteiger partial charge in [0.25, 0.3) is 0 Å². The molecule has 0 aromatic heterocycles. The van der Waals surface area contributed by atoms with Crippen molar-refractivity contribution in [3.05, 3.63) is 0 Å². The van der Waals surface area contributed by atoms with Gasteiger partial charge in [0.05, 0.1) is 11.5 Å². The Bertz CT molecular complexity index is 210. The van der Waals surface area contributed by atoms with Gasteiger partial charge in [0.15, 0.2) is 9.84 Å². The van der Waals surface area contributed by atoms with E-state index < -0.39 is 9.84 Å². The predicted molar refractivity (Wildman–Crippen MR) is 40.4 cm³/mol. The van der Waals surface area contributed by atoms with Crippen molar-refractivity contribution in [2.24, 2.45) is 11.7 Å². The second-order valence-electron chi connectivity index (χ2n) is 3.04. The fourth-order valence-electron chi connectivity index (χ4n) is 1.21. The summed E-state index contributed by atoms with van der Waals surface area (Å²) in [6, 6.07) is 0.0866. The van der Waals surface area contributed by atoms with Crippen molar-refractivity contribution < 1.29 is 8.42 Å². The highest BCUT2D eigenvalue weighted by molar-refractivity contribution is 7.91. The van der Waals surface area contributed by atoms with Crippen LogP contribution in [0.4, 0.5) is 0 Å². The molecule has 0 aliphatic carbocycles. The van der Waals surface area contributed by atoms with Crippen LogP contribution >= 0.6 is 0 Å². The van der Waals surface area contributed by atoms with Crippen LogP contribution < -0.4 is 5.73 Å². The molecular formula is C6H13NO2S. The average Bonchev–Trinajstić information content (AvgIpc) is 1.79. The van der Waals surface area contributed by atoms with Gasteiger partial charge in [0.1, 0.15) is 0 Å². The molecule has 0 aromatic rings. The number of hydrogen-bond donors (Lipinski definition) is 1. The van der Waals surface area contributed by atoms with Crippen LogP contribution in [0.15, 0.2) is 0 Å². The van der Waals surface area contributed by atoms with Crippen molar-refractivity contribution >= 4 is 9.84 Å². The van der Waals surface area contributed by atoms with E-state index in [-0.39, 0.29) is 23.5 Å². The van der Waals surface area contributed by atoms with Crippen LogP contribution in [0, 0.1) is 5.92 Å². The first-order valence-corrected chi connectivity index (χ1v) is 5.29. The quantitative estimate of drug-likeness (QED) is 0.536. The third-order valence-electron chi connectivity index (χ3n) is 2.01. The molecule has 0 aromatic carbocycles. The van der Waals surface area contributed by atoms with E-state index in [0.717, 1.165) is 0 Å². The first-order chi connectivity index (χ1) is 4.51. The molecule has 1 fully saturated rings. The molecule has 2 N–H and O–H groups in total. The smallest absolute Gasteiger partial charge is 0.150 e. The van der Waals surface area contributed by atoms with Crippen LogP contribution in [0.1, 0.15) is 13.3 Å². The van der Waals surface area contributed by atoms with Gasteiger partial charge in [0.2, 0.25) is 0 Å². The van der Waals surface area contributed by atoms with Crippen molar-refractivity contribution in [3.63, 3.8) is 0 Å². The zero-order valence-corrected chi connectivity index (χ0v) is 6.89. The summed E-state index contributed by atoms with van der Waals surface area (Å²) in [7, 11) is -2.74. The molecule has 4 heteroatoms. The van der Waals surface area contributed by atoms with E-state index in [9.17, 15) is 8.42 Å². The fourth-order valence-corrected chi connectivity index (χ4v) is 3.05. The lowest BCUT2D eigenvalue weighted by atomic mass is 10.0. The van der Waals surface area contributed by atoms with Gasteiger partial charge in [-0.3, -0.25) is 0 Å². The highest BCUT2D eigenvalue weighted by Crippen LogP contribution is 2.16. The molecule has 0 radical (unpaired) electrons. The van der Waals surface area contributed by atoms with E-state index >= 15 is 0 Å².